The lowest BCUT2D eigenvalue weighted by Gasteiger charge is -2.17. The molecule has 0 radical (unpaired) electrons. The lowest BCUT2D eigenvalue weighted by molar-refractivity contribution is 0.0795. The standard InChI is InChI=1S/C15H22N2O2S/c1-16(2)10-6-11-17(3)15(19)14-9-8-13(20-14)7-4-5-12-18/h8-9,18H,5-6,10-12H2,1-3H3. The van der Waals surface area contributed by atoms with Gasteiger partial charge in [-0.2, -0.15) is 0 Å². The van der Waals surface area contributed by atoms with Gasteiger partial charge in [-0.1, -0.05) is 11.8 Å². The fraction of sp³-hybridized carbons (Fsp3) is 0.533. The van der Waals surface area contributed by atoms with Crippen LogP contribution in [0.3, 0.4) is 0 Å². The van der Waals surface area contributed by atoms with Crippen LogP contribution in [0.2, 0.25) is 0 Å². The molecule has 0 unspecified atom stereocenters. The summed E-state index contributed by atoms with van der Waals surface area (Å²) in [5.74, 6) is 5.85. The Morgan fingerprint density at radius 2 is 2.05 bits per heavy atom. The number of nitrogens with zero attached hydrogens (tertiary/aromatic N) is 2. The maximum atomic E-state index is 12.2. The van der Waals surface area contributed by atoms with Crippen LogP contribution in [0.15, 0.2) is 12.1 Å². The summed E-state index contributed by atoms with van der Waals surface area (Å²) >= 11 is 1.40. The summed E-state index contributed by atoms with van der Waals surface area (Å²) in [7, 11) is 5.88. The Bertz CT molecular complexity index is 486. The van der Waals surface area contributed by atoms with E-state index in [0.717, 1.165) is 24.4 Å². The van der Waals surface area contributed by atoms with Crippen molar-refractivity contribution in [2.24, 2.45) is 0 Å². The zero-order valence-electron chi connectivity index (χ0n) is 12.3. The molecular weight excluding hydrogens is 272 g/mol. The largest absolute Gasteiger partial charge is 0.395 e. The van der Waals surface area contributed by atoms with E-state index in [0.29, 0.717) is 11.3 Å². The van der Waals surface area contributed by atoms with E-state index in [9.17, 15) is 4.79 Å². The number of carbonyl (C=O) groups is 1. The van der Waals surface area contributed by atoms with E-state index in [2.05, 4.69) is 16.7 Å². The molecule has 0 saturated heterocycles. The minimum Gasteiger partial charge on any atom is -0.395 e. The number of thiophene rings is 1. The molecule has 0 saturated carbocycles. The summed E-state index contributed by atoms with van der Waals surface area (Å²) in [6.45, 7) is 1.79. The van der Waals surface area contributed by atoms with E-state index in [4.69, 9.17) is 5.11 Å². The third-order valence-electron chi connectivity index (χ3n) is 2.71. The first-order valence-electron chi connectivity index (χ1n) is 6.64. The minimum absolute atomic E-state index is 0.0453. The Balaban J connectivity index is 2.53. The molecule has 0 aliphatic heterocycles. The van der Waals surface area contributed by atoms with Gasteiger partial charge in [0.05, 0.1) is 16.4 Å². The van der Waals surface area contributed by atoms with Gasteiger partial charge in [-0.15, -0.1) is 11.3 Å². The van der Waals surface area contributed by atoms with Crippen molar-refractivity contribution in [3.63, 3.8) is 0 Å². The molecule has 20 heavy (non-hydrogen) atoms. The molecule has 5 heteroatoms. The molecule has 1 amide bonds. The highest BCUT2D eigenvalue weighted by atomic mass is 32.1. The van der Waals surface area contributed by atoms with Crippen LogP contribution in [-0.4, -0.2) is 61.7 Å². The van der Waals surface area contributed by atoms with E-state index >= 15 is 0 Å². The third-order valence-corrected chi connectivity index (χ3v) is 3.70. The van der Waals surface area contributed by atoms with Gasteiger partial charge in [0.15, 0.2) is 0 Å². The number of hydrogen-bond acceptors (Lipinski definition) is 4. The van der Waals surface area contributed by atoms with Crippen molar-refractivity contribution in [2.45, 2.75) is 12.8 Å². The number of rotatable bonds is 6. The van der Waals surface area contributed by atoms with Crippen molar-refractivity contribution in [1.82, 2.24) is 9.80 Å². The molecule has 1 rings (SSSR count). The molecule has 0 fully saturated rings. The van der Waals surface area contributed by atoms with Crippen LogP contribution in [0.25, 0.3) is 0 Å². The molecule has 1 heterocycles. The monoisotopic (exact) mass is 294 g/mol. The van der Waals surface area contributed by atoms with E-state index in [1.54, 1.807) is 4.90 Å². The van der Waals surface area contributed by atoms with Gasteiger partial charge in [0.1, 0.15) is 0 Å². The van der Waals surface area contributed by atoms with Crippen molar-refractivity contribution in [1.29, 1.82) is 0 Å². The van der Waals surface area contributed by atoms with E-state index in [1.165, 1.54) is 11.3 Å². The van der Waals surface area contributed by atoms with Crippen LogP contribution in [0.5, 0.6) is 0 Å². The highest BCUT2D eigenvalue weighted by Crippen LogP contribution is 2.17. The maximum Gasteiger partial charge on any atom is 0.263 e. The Kier molecular flexibility index (Phi) is 7.31. The zero-order chi connectivity index (χ0) is 15.0. The van der Waals surface area contributed by atoms with Gasteiger partial charge < -0.3 is 14.9 Å². The van der Waals surface area contributed by atoms with Gasteiger partial charge >= 0.3 is 0 Å². The molecule has 1 N–H and O–H groups in total. The minimum atomic E-state index is 0.0453. The first-order valence-corrected chi connectivity index (χ1v) is 7.46. The first kappa shape index (κ1) is 16.7. The van der Waals surface area contributed by atoms with Gasteiger partial charge in [0.2, 0.25) is 0 Å². The zero-order valence-corrected chi connectivity index (χ0v) is 13.2. The van der Waals surface area contributed by atoms with Crippen molar-refractivity contribution in [3.05, 3.63) is 21.9 Å². The third kappa shape index (κ3) is 5.74. The molecule has 4 nitrogen and oxygen atoms in total. The molecule has 0 spiro atoms. The second kappa shape index (κ2) is 8.75. The number of amides is 1. The number of hydrogen-bond donors (Lipinski definition) is 1. The Hall–Kier alpha value is -1.35. The predicted octanol–water partition coefficient (Wildman–Crippen LogP) is 1.51. The van der Waals surface area contributed by atoms with E-state index < -0.39 is 0 Å². The van der Waals surface area contributed by atoms with Crippen LogP contribution >= 0.6 is 11.3 Å². The predicted molar refractivity (Wildman–Crippen MR) is 83.0 cm³/mol. The fourth-order valence-corrected chi connectivity index (χ4v) is 2.51. The average Bonchev–Trinajstić information content (AvgIpc) is 2.86. The Morgan fingerprint density at radius 1 is 1.30 bits per heavy atom. The van der Waals surface area contributed by atoms with Crippen LogP contribution in [-0.2, 0) is 0 Å². The molecule has 0 aromatic carbocycles. The van der Waals surface area contributed by atoms with Crippen molar-refractivity contribution >= 4 is 17.2 Å². The van der Waals surface area contributed by atoms with E-state index in [1.807, 2.05) is 33.3 Å². The summed E-state index contributed by atoms with van der Waals surface area (Å²) in [6, 6.07) is 3.67. The smallest absolute Gasteiger partial charge is 0.263 e. The van der Waals surface area contributed by atoms with E-state index in [-0.39, 0.29) is 12.5 Å². The van der Waals surface area contributed by atoms with Crippen LogP contribution in [0, 0.1) is 11.8 Å². The highest BCUT2D eigenvalue weighted by Gasteiger charge is 2.13. The molecule has 0 atom stereocenters. The van der Waals surface area contributed by atoms with Gasteiger partial charge in [0, 0.05) is 20.0 Å². The van der Waals surface area contributed by atoms with Gasteiger partial charge in [-0.3, -0.25) is 4.79 Å². The summed E-state index contributed by atoms with van der Waals surface area (Å²) in [5.41, 5.74) is 0. The topological polar surface area (TPSA) is 43.8 Å². The second-order valence-electron chi connectivity index (χ2n) is 4.82. The lowest BCUT2D eigenvalue weighted by atomic mass is 10.3. The highest BCUT2D eigenvalue weighted by molar-refractivity contribution is 7.14. The normalized spacial score (nSPS) is 10.2. The quantitative estimate of drug-likeness (QED) is 0.809. The molecule has 0 bridgehead atoms. The average molecular weight is 294 g/mol. The molecule has 0 aliphatic carbocycles. The first-order chi connectivity index (χ1) is 9.54. The molecule has 1 aromatic heterocycles. The van der Waals surface area contributed by atoms with Crippen molar-refractivity contribution in [3.8, 4) is 11.8 Å². The van der Waals surface area contributed by atoms with Gasteiger partial charge in [0.25, 0.3) is 5.91 Å². The van der Waals surface area contributed by atoms with Crippen LogP contribution in [0.4, 0.5) is 0 Å². The summed E-state index contributed by atoms with van der Waals surface area (Å²) < 4.78 is 0. The van der Waals surface area contributed by atoms with Gasteiger partial charge in [-0.25, -0.2) is 0 Å². The molecule has 1 aromatic rings. The number of aliphatic hydroxyl groups excluding tert-OH is 1. The number of carbonyl (C=O) groups excluding carboxylic acids is 1. The maximum absolute atomic E-state index is 12.2. The SMILES string of the molecule is CN(C)CCCN(C)C(=O)c1ccc(C#CCCO)s1. The molecule has 0 aliphatic rings. The van der Waals surface area contributed by atoms with Crippen LogP contribution < -0.4 is 0 Å². The number of aliphatic hydroxyl groups is 1. The fourth-order valence-electron chi connectivity index (χ4n) is 1.64. The Labute approximate surface area is 125 Å². The summed E-state index contributed by atoms with van der Waals surface area (Å²) in [6.07, 6.45) is 1.43. The van der Waals surface area contributed by atoms with Crippen molar-refractivity contribution in [2.75, 3.05) is 40.8 Å². The summed E-state index contributed by atoms with van der Waals surface area (Å²) in [5, 5.41) is 8.67. The van der Waals surface area contributed by atoms with Crippen molar-refractivity contribution < 1.29 is 9.90 Å². The van der Waals surface area contributed by atoms with Crippen LogP contribution in [0.1, 0.15) is 27.4 Å². The lowest BCUT2D eigenvalue weighted by Crippen LogP contribution is -2.29. The van der Waals surface area contributed by atoms with Gasteiger partial charge in [-0.05, 0) is 39.2 Å². The second-order valence-corrected chi connectivity index (χ2v) is 5.91. The molecule has 110 valence electrons. The summed E-state index contributed by atoms with van der Waals surface area (Å²) in [4.78, 5) is 17.6. The Morgan fingerprint density at radius 3 is 2.70 bits per heavy atom. The molecular formula is C15H22N2O2S.